The lowest BCUT2D eigenvalue weighted by Crippen LogP contribution is -2.41. The molecule has 0 spiro atoms. The van der Waals surface area contributed by atoms with E-state index in [0.717, 1.165) is 17.1 Å². The van der Waals surface area contributed by atoms with Gasteiger partial charge in [0.15, 0.2) is 0 Å². The summed E-state index contributed by atoms with van der Waals surface area (Å²) in [6.45, 7) is 0.602. The molecule has 8 nitrogen and oxygen atoms in total. The van der Waals surface area contributed by atoms with Crippen molar-refractivity contribution >= 4 is 6.03 Å². The first-order chi connectivity index (χ1) is 15.1. The van der Waals surface area contributed by atoms with Crippen molar-refractivity contribution < 1.29 is 18.4 Å². The Hall–Kier alpha value is -3.94. The van der Waals surface area contributed by atoms with Gasteiger partial charge in [0.1, 0.15) is 29.1 Å². The lowest BCUT2D eigenvalue weighted by Gasteiger charge is -2.26. The predicted molar refractivity (Wildman–Crippen MR) is 113 cm³/mol. The summed E-state index contributed by atoms with van der Waals surface area (Å²) in [4.78, 5) is 19.5. The Labute approximate surface area is 180 Å². The van der Waals surface area contributed by atoms with Crippen LogP contribution in [0.25, 0.3) is 0 Å². The average Bonchev–Trinajstić information content (AvgIpc) is 3.55. The molecule has 8 heteroatoms. The molecule has 1 aromatic carbocycles. The van der Waals surface area contributed by atoms with Crippen molar-refractivity contribution in [3.63, 3.8) is 0 Å². The van der Waals surface area contributed by atoms with E-state index in [1.54, 1.807) is 42.9 Å². The maximum absolute atomic E-state index is 13.4. The summed E-state index contributed by atoms with van der Waals surface area (Å²) in [6.07, 6.45) is 6.74. The van der Waals surface area contributed by atoms with Crippen LogP contribution in [0.3, 0.4) is 0 Å². The second kappa shape index (κ2) is 9.25. The highest BCUT2D eigenvalue weighted by atomic mass is 16.5. The first kappa shape index (κ1) is 20.3. The van der Waals surface area contributed by atoms with Crippen LogP contribution in [0.15, 0.2) is 82.3 Å². The number of nitrogens with zero attached hydrogens (tertiary/aromatic N) is 3. The van der Waals surface area contributed by atoms with Crippen LogP contribution < -0.4 is 10.1 Å². The molecule has 2 amide bonds. The number of methoxy groups -OCH3 is 1. The second-order valence-corrected chi connectivity index (χ2v) is 7.07. The van der Waals surface area contributed by atoms with E-state index in [1.807, 2.05) is 54.2 Å². The third-order valence-electron chi connectivity index (χ3n) is 4.97. The minimum Gasteiger partial charge on any atom is -0.497 e. The highest BCUT2D eigenvalue weighted by Crippen LogP contribution is 2.24. The van der Waals surface area contributed by atoms with Crippen molar-refractivity contribution in [3.05, 3.63) is 96.4 Å². The highest BCUT2D eigenvalue weighted by molar-refractivity contribution is 5.75. The molecule has 1 unspecified atom stereocenters. The number of amides is 2. The summed E-state index contributed by atoms with van der Waals surface area (Å²) in [6, 6.07) is 14.1. The van der Waals surface area contributed by atoms with E-state index in [9.17, 15) is 4.79 Å². The van der Waals surface area contributed by atoms with E-state index in [0.29, 0.717) is 24.6 Å². The van der Waals surface area contributed by atoms with E-state index >= 15 is 0 Å². The molecule has 0 aliphatic carbocycles. The molecule has 4 aromatic rings. The van der Waals surface area contributed by atoms with E-state index in [2.05, 4.69) is 10.3 Å². The average molecular weight is 420 g/mol. The molecular weight excluding hydrogens is 396 g/mol. The van der Waals surface area contributed by atoms with Gasteiger partial charge in [0.25, 0.3) is 0 Å². The first-order valence-corrected chi connectivity index (χ1v) is 9.85. The van der Waals surface area contributed by atoms with E-state index in [1.165, 1.54) is 0 Å². The molecule has 0 fully saturated rings. The van der Waals surface area contributed by atoms with Crippen molar-refractivity contribution in [1.82, 2.24) is 19.8 Å². The number of hydrogen-bond acceptors (Lipinski definition) is 5. The first-order valence-electron chi connectivity index (χ1n) is 9.85. The molecule has 0 aliphatic heterocycles. The number of benzene rings is 1. The summed E-state index contributed by atoms with van der Waals surface area (Å²) in [5.74, 6) is 2.82. The lowest BCUT2D eigenvalue weighted by atomic mass is 10.1. The zero-order chi connectivity index (χ0) is 21.6. The Morgan fingerprint density at radius 3 is 2.23 bits per heavy atom. The summed E-state index contributed by atoms with van der Waals surface area (Å²) < 4.78 is 18.1. The van der Waals surface area contributed by atoms with E-state index in [-0.39, 0.29) is 6.03 Å². The molecule has 160 valence electrons. The fraction of sp³-hybridized carbons (Fsp3) is 0.217. The lowest BCUT2D eigenvalue weighted by molar-refractivity contribution is 0.179. The van der Waals surface area contributed by atoms with Gasteiger partial charge in [-0.1, -0.05) is 12.1 Å². The van der Waals surface area contributed by atoms with Crippen LogP contribution in [-0.2, 0) is 20.1 Å². The van der Waals surface area contributed by atoms with Crippen LogP contribution in [0, 0.1) is 0 Å². The number of aromatic nitrogens is 2. The van der Waals surface area contributed by atoms with Crippen molar-refractivity contribution in [2.24, 2.45) is 7.05 Å². The Morgan fingerprint density at radius 1 is 1.10 bits per heavy atom. The maximum atomic E-state index is 13.4. The molecule has 0 saturated heterocycles. The molecule has 0 radical (unpaired) electrons. The van der Waals surface area contributed by atoms with Gasteiger partial charge in [-0.15, -0.1) is 0 Å². The van der Waals surface area contributed by atoms with Gasteiger partial charge >= 0.3 is 6.03 Å². The van der Waals surface area contributed by atoms with Crippen LogP contribution in [0.2, 0.25) is 0 Å². The summed E-state index contributed by atoms with van der Waals surface area (Å²) in [5, 5.41) is 3.12. The number of rotatable bonds is 8. The fourth-order valence-corrected chi connectivity index (χ4v) is 3.34. The largest absolute Gasteiger partial charge is 0.497 e. The van der Waals surface area contributed by atoms with Gasteiger partial charge in [0.05, 0.1) is 32.7 Å². The van der Waals surface area contributed by atoms with Crippen LogP contribution in [0.5, 0.6) is 5.75 Å². The molecule has 31 heavy (non-hydrogen) atoms. The summed E-state index contributed by atoms with van der Waals surface area (Å²) in [7, 11) is 3.52. The smallest absolute Gasteiger partial charge is 0.319 e. The summed E-state index contributed by atoms with van der Waals surface area (Å²) >= 11 is 0. The molecule has 4 rings (SSSR count). The van der Waals surface area contributed by atoms with Crippen molar-refractivity contribution in [1.29, 1.82) is 0 Å². The highest BCUT2D eigenvalue weighted by Gasteiger charge is 2.25. The van der Waals surface area contributed by atoms with E-state index in [4.69, 9.17) is 13.6 Å². The Balaban J connectivity index is 1.61. The van der Waals surface area contributed by atoms with Crippen LogP contribution in [-0.4, -0.2) is 27.6 Å². The van der Waals surface area contributed by atoms with Crippen LogP contribution >= 0.6 is 0 Å². The summed E-state index contributed by atoms with van der Waals surface area (Å²) in [5.41, 5.74) is 0.888. The zero-order valence-corrected chi connectivity index (χ0v) is 17.4. The molecule has 3 aromatic heterocycles. The maximum Gasteiger partial charge on any atom is 0.319 e. The van der Waals surface area contributed by atoms with Gasteiger partial charge in [-0.05, 0) is 42.0 Å². The third kappa shape index (κ3) is 4.80. The number of furan rings is 2. The van der Waals surface area contributed by atoms with Gasteiger partial charge < -0.3 is 28.4 Å². The van der Waals surface area contributed by atoms with E-state index < -0.39 is 6.04 Å². The number of carbonyl (C=O) groups is 1. The Kier molecular flexibility index (Phi) is 6.07. The molecular formula is C23H24N4O4. The van der Waals surface area contributed by atoms with Gasteiger partial charge in [-0.3, -0.25) is 0 Å². The fourth-order valence-electron chi connectivity index (χ4n) is 3.34. The number of aryl methyl sites for hydroxylation is 1. The van der Waals surface area contributed by atoms with Gasteiger partial charge in [-0.25, -0.2) is 9.78 Å². The molecule has 0 bridgehead atoms. The Morgan fingerprint density at radius 2 is 1.74 bits per heavy atom. The zero-order valence-electron chi connectivity index (χ0n) is 17.4. The number of imidazole rings is 1. The third-order valence-corrected chi connectivity index (χ3v) is 4.97. The number of urea groups is 1. The quantitative estimate of drug-likeness (QED) is 0.464. The van der Waals surface area contributed by atoms with Gasteiger partial charge in [0, 0.05) is 19.4 Å². The Bertz CT molecular complexity index is 1050. The van der Waals surface area contributed by atoms with Crippen molar-refractivity contribution in [2.75, 3.05) is 7.11 Å². The van der Waals surface area contributed by atoms with Crippen molar-refractivity contribution in [3.8, 4) is 5.75 Å². The SMILES string of the molecule is COc1ccc(C(NC(=O)N(Cc2ccco2)Cc2ccco2)c2nccn2C)cc1. The minimum atomic E-state index is -0.450. The molecule has 0 aliphatic rings. The van der Waals surface area contributed by atoms with Gasteiger partial charge in [-0.2, -0.15) is 0 Å². The predicted octanol–water partition coefficient (Wildman–Crippen LogP) is 4.12. The minimum absolute atomic E-state index is 0.267. The molecule has 3 heterocycles. The topological polar surface area (TPSA) is 85.7 Å². The molecule has 0 saturated carbocycles. The van der Waals surface area contributed by atoms with Gasteiger partial charge in [0.2, 0.25) is 0 Å². The number of nitrogens with one attached hydrogen (secondary N) is 1. The number of ether oxygens (including phenoxy) is 1. The standard InChI is InChI=1S/C23H24N4O4/c1-26-12-11-24-22(26)21(17-7-9-18(29-2)10-8-17)25-23(28)27(15-19-5-3-13-30-19)16-20-6-4-14-31-20/h3-14,21H,15-16H2,1-2H3,(H,25,28). The normalized spacial score (nSPS) is 11.8. The monoisotopic (exact) mass is 420 g/mol. The van der Waals surface area contributed by atoms with Crippen molar-refractivity contribution in [2.45, 2.75) is 19.1 Å². The molecule has 1 N–H and O–H groups in total. The van der Waals surface area contributed by atoms with Crippen LogP contribution in [0.4, 0.5) is 4.79 Å². The number of hydrogen-bond donors (Lipinski definition) is 1. The number of carbonyl (C=O) groups excluding carboxylic acids is 1. The van der Waals surface area contributed by atoms with Crippen LogP contribution in [0.1, 0.15) is 29.0 Å². The second-order valence-electron chi connectivity index (χ2n) is 7.07. The molecule has 1 atom stereocenters.